The minimum absolute atomic E-state index is 0.778. The number of benzene rings is 1. The first-order valence-corrected chi connectivity index (χ1v) is 8.89. The van der Waals surface area contributed by atoms with Crippen molar-refractivity contribution < 1.29 is 4.74 Å². The van der Waals surface area contributed by atoms with E-state index in [0.29, 0.717) is 0 Å². The summed E-state index contributed by atoms with van der Waals surface area (Å²) in [7, 11) is 0. The summed E-state index contributed by atoms with van der Waals surface area (Å²) in [5, 5.41) is 6.67. The van der Waals surface area contributed by atoms with Gasteiger partial charge in [-0.15, -0.1) is 0 Å². The molecule has 2 heterocycles. The topological polar surface area (TPSA) is 62.3 Å². The van der Waals surface area contributed by atoms with Gasteiger partial charge in [0, 0.05) is 42.4 Å². The van der Waals surface area contributed by atoms with Gasteiger partial charge < -0.3 is 15.4 Å². The Kier molecular flexibility index (Phi) is 6.01. The second-order valence-electron chi connectivity index (χ2n) is 5.76. The van der Waals surface area contributed by atoms with Gasteiger partial charge in [-0.25, -0.2) is 9.97 Å². The molecule has 1 fully saturated rings. The van der Waals surface area contributed by atoms with Crippen LogP contribution in [-0.2, 0) is 4.74 Å². The third-order valence-electron chi connectivity index (χ3n) is 3.94. The highest BCUT2D eigenvalue weighted by Gasteiger charge is 2.09. The average molecular weight is 392 g/mol. The van der Waals surface area contributed by atoms with E-state index in [1.54, 1.807) is 6.33 Å². The molecule has 2 N–H and O–H groups in total. The van der Waals surface area contributed by atoms with Crippen LogP contribution in [0.4, 0.5) is 17.3 Å². The van der Waals surface area contributed by atoms with Crippen molar-refractivity contribution >= 4 is 33.3 Å². The second kappa shape index (κ2) is 8.41. The summed E-state index contributed by atoms with van der Waals surface area (Å²) in [4.78, 5) is 11.0. The number of ether oxygens (including phenoxy) is 1. The van der Waals surface area contributed by atoms with Gasteiger partial charge in [0.15, 0.2) is 0 Å². The Morgan fingerprint density at radius 2 is 1.96 bits per heavy atom. The number of morpholine rings is 1. The van der Waals surface area contributed by atoms with Crippen molar-refractivity contribution in [3.8, 4) is 0 Å². The number of nitrogens with one attached hydrogen (secondary N) is 2. The van der Waals surface area contributed by atoms with Crippen LogP contribution in [0.3, 0.4) is 0 Å². The highest BCUT2D eigenvalue weighted by Crippen LogP contribution is 2.22. The van der Waals surface area contributed by atoms with E-state index < -0.39 is 0 Å². The molecule has 1 saturated heterocycles. The van der Waals surface area contributed by atoms with E-state index in [9.17, 15) is 0 Å². The standard InChI is InChI=1S/C17H22BrN5O/c1-13-10-14(2-3-15(13)18)22-17-11-16(20-12-21-17)19-4-5-23-6-8-24-9-7-23/h2-3,10-12H,4-9H2,1H3,(H2,19,20,21,22). The number of nitrogens with zero attached hydrogens (tertiary/aromatic N) is 3. The SMILES string of the molecule is Cc1cc(Nc2cc(NCCN3CCOCC3)ncn2)ccc1Br. The van der Waals surface area contributed by atoms with E-state index in [2.05, 4.69) is 54.4 Å². The lowest BCUT2D eigenvalue weighted by Crippen LogP contribution is -2.39. The minimum Gasteiger partial charge on any atom is -0.379 e. The molecule has 0 bridgehead atoms. The zero-order chi connectivity index (χ0) is 16.8. The quantitative estimate of drug-likeness (QED) is 0.788. The number of aryl methyl sites for hydroxylation is 1. The summed E-state index contributed by atoms with van der Waals surface area (Å²) in [5.74, 6) is 1.61. The van der Waals surface area contributed by atoms with E-state index in [0.717, 1.165) is 61.2 Å². The monoisotopic (exact) mass is 391 g/mol. The molecule has 1 aromatic heterocycles. The van der Waals surface area contributed by atoms with Gasteiger partial charge in [-0.1, -0.05) is 15.9 Å². The lowest BCUT2D eigenvalue weighted by atomic mass is 10.2. The van der Waals surface area contributed by atoms with Crippen molar-refractivity contribution in [2.24, 2.45) is 0 Å². The molecule has 0 atom stereocenters. The largest absolute Gasteiger partial charge is 0.379 e. The molecule has 1 aliphatic rings. The molecule has 7 heteroatoms. The molecule has 0 saturated carbocycles. The van der Waals surface area contributed by atoms with Crippen molar-refractivity contribution in [1.82, 2.24) is 14.9 Å². The summed E-state index contributed by atoms with van der Waals surface area (Å²) >= 11 is 3.51. The van der Waals surface area contributed by atoms with Crippen LogP contribution in [-0.4, -0.2) is 54.3 Å². The predicted octanol–water partition coefficient (Wildman–Crippen LogP) is 3.04. The maximum absolute atomic E-state index is 5.36. The number of halogens is 1. The average Bonchev–Trinajstić information content (AvgIpc) is 2.60. The fraction of sp³-hybridized carbons (Fsp3) is 0.412. The Labute approximate surface area is 150 Å². The maximum atomic E-state index is 5.36. The molecular formula is C17H22BrN5O. The van der Waals surface area contributed by atoms with Crippen LogP contribution in [0.1, 0.15) is 5.56 Å². The van der Waals surface area contributed by atoms with Crippen molar-refractivity contribution in [3.05, 3.63) is 40.6 Å². The van der Waals surface area contributed by atoms with Crippen molar-refractivity contribution in [2.45, 2.75) is 6.92 Å². The van der Waals surface area contributed by atoms with Gasteiger partial charge in [-0.2, -0.15) is 0 Å². The molecule has 1 aromatic carbocycles. The summed E-state index contributed by atoms with van der Waals surface area (Å²) in [6.07, 6.45) is 1.57. The molecule has 24 heavy (non-hydrogen) atoms. The van der Waals surface area contributed by atoms with E-state index in [4.69, 9.17) is 4.74 Å². The maximum Gasteiger partial charge on any atom is 0.135 e. The number of rotatable bonds is 6. The van der Waals surface area contributed by atoms with Gasteiger partial charge in [0.25, 0.3) is 0 Å². The van der Waals surface area contributed by atoms with Crippen LogP contribution in [0.15, 0.2) is 35.1 Å². The zero-order valence-electron chi connectivity index (χ0n) is 13.8. The molecular weight excluding hydrogens is 370 g/mol. The van der Waals surface area contributed by atoms with Gasteiger partial charge >= 0.3 is 0 Å². The predicted molar refractivity (Wildman–Crippen MR) is 99.9 cm³/mol. The van der Waals surface area contributed by atoms with Crippen molar-refractivity contribution in [1.29, 1.82) is 0 Å². The van der Waals surface area contributed by atoms with Gasteiger partial charge in [-0.3, -0.25) is 4.90 Å². The molecule has 1 aliphatic heterocycles. The Morgan fingerprint density at radius 1 is 1.17 bits per heavy atom. The number of hydrogen-bond donors (Lipinski definition) is 2. The lowest BCUT2D eigenvalue weighted by Gasteiger charge is -2.26. The van der Waals surface area contributed by atoms with Crippen LogP contribution < -0.4 is 10.6 Å². The molecule has 0 spiro atoms. The molecule has 0 aliphatic carbocycles. The third kappa shape index (κ3) is 4.90. The van der Waals surface area contributed by atoms with Crippen molar-refractivity contribution in [2.75, 3.05) is 50.0 Å². The first kappa shape index (κ1) is 17.1. The van der Waals surface area contributed by atoms with Crippen LogP contribution in [0.25, 0.3) is 0 Å². The minimum atomic E-state index is 0.778. The van der Waals surface area contributed by atoms with Gasteiger partial charge in [-0.05, 0) is 30.7 Å². The van der Waals surface area contributed by atoms with Crippen LogP contribution in [0.2, 0.25) is 0 Å². The van der Waals surface area contributed by atoms with Gasteiger partial charge in [0.1, 0.15) is 18.0 Å². The van der Waals surface area contributed by atoms with Crippen molar-refractivity contribution in [3.63, 3.8) is 0 Å². The number of hydrogen-bond acceptors (Lipinski definition) is 6. The normalized spacial score (nSPS) is 15.2. The molecule has 6 nitrogen and oxygen atoms in total. The Bertz CT molecular complexity index is 676. The molecule has 128 valence electrons. The summed E-state index contributed by atoms with van der Waals surface area (Å²) in [6, 6.07) is 8.06. The smallest absolute Gasteiger partial charge is 0.135 e. The summed E-state index contributed by atoms with van der Waals surface area (Å²) in [6.45, 7) is 7.56. The van der Waals surface area contributed by atoms with Crippen LogP contribution in [0, 0.1) is 6.92 Å². The Morgan fingerprint density at radius 3 is 2.75 bits per heavy atom. The Balaban J connectivity index is 1.54. The third-order valence-corrected chi connectivity index (χ3v) is 4.83. The first-order valence-electron chi connectivity index (χ1n) is 8.10. The number of aromatic nitrogens is 2. The number of anilines is 3. The van der Waals surface area contributed by atoms with Gasteiger partial charge in [0.05, 0.1) is 13.2 Å². The highest BCUT2D eigenvalue weighted by atomic mass is 79.9. The van der Waals surface area contributed by atoms with Gasteiger partial charge in [0.2, 0.25) is 0 Å². The first-order chi connectivity index (χ1) is 11.7. The van der Waals surface area contributed by atoms with E-state index in [1.165, 1.54) is 5.56 Å². The molecule has 0 radical (unpaired) electrons. The van der Waals surface area contributed by atoms with Crippen LogP contribution in [0.5, 0.6) is 0 Å². The Hall–Kier alpha value is -1.70. The second-order valence-corrected chi connectivity index (χ2v) is 6.61. The lowest BCUT2D eigenvalue weighted by molar-refractivity contribution is 0.0398. The summed E-state index contributed by atoms with van der Waals surface area (Å²) in [5.41, 5.74) is 2.19. The van der Waals surface area contributed by atoms with E-state index >= 15 is 0 Å². The van der Waals surface area contributed by atoms with Crippen LogP contribution >= 0.6 is 15.9 Å². The molecule has 2 aromatic rings. The fourth-order valence-corrected chi connectivity index (χ4v) is 2.81. The highest BCUT2D eigenvalue weighted by molar-refractivity contribution is 9.10. The molecule has 0 unspecified atom stereocenters. The molecule has 3 rings (SSSR count). The molecule has 0 amide bonds. The fourth-order valence-electron chi connectivity index (χ4n) is 2.56. The van der Waals surface area contributed by atoms with E-state index in [1.807, 2.05) is 18.2 Å². The van der Waals surface area contributed by atoms with E-state index in [-0.39, 0.29) is 0 Å². The summed E-state index contributed by atoms with van der Waals surface area (Å²) < 4.78 is 6.46. The zero-order valence-corrected chi connectivity index (χ0v) is 15.3.